The van der Waals surface area contributed by atoms with Crippen LogP contribution in [-0.4, -0.2) is 48.5 Å². The molecule has 0 heterocycles. The highest BCUT2D eigenvalue weighted by Gasteiger charge is 2.46. The molecule has 0 radical (unpaired) electrons. The van der Waals surface area contributed by atoms with Crippen LogP contribution in [0.5, 0.6) is 5.75 Å². The lowest BCUT2D eigenvalue weighted by Gasteiger charge is -2.27. The van der Waals surface area contributed by atoms with Crippen molar-refractivity contribution in [3.63, 3.8) is 0 Å². The minimum absolute atomic E-state index is 0.0625. The fraction of sp³-hybridized carbons (Fsp3) is 0.529. The number of esters is 2. The van der Waals surface area contributed by atoms with Crippen LogP contribution < -0.4 is 10.5 Å². The van der Waals surface area contributed by atoms with Gasteiger partial charge in [-0.2, -0.15) is 0 Å². The molecule has 0 amide bonds. The van der Waals surface area contributed by atoms with E-state index in [4.69, 9.17) is 19.9 Å². The van der Waals surface area contributed by atoms with Crippen LogP contribution in [0.3, 0.4) is 0 Å². The summed E-state index contributed by atoms with van der Waals surface area (Å²) in [5, 5.41) is 10.2. The molecule has 24 heavy (non-hydrogen) atoms. The Labute approximate surface area is 141 Å². The molecule has 1 aromatic carbocycles. The van der Waals surface area contributed by atoms with Crippen LogP contribution in [0.1, 0.15) is 25.8 Å². The van der Waals surface area contributed by atoms with Gasteiger partial charge in [-0.05, 0) is 32.4 Å². The fourth-order valence-corrected chi connectivity index (χ4v) is 2.10. The zero-order chi connectivity index (χ0) is 18.2. The molecule has 7 nitrogen and oxygen atoms in total. The molecule has 3 N–H and O–H groups in total. The molecule has 1 atom stereocenters. The monoisotopic (exact) mass is 339 g/mol. The standard InChI is InChI=1S/C17H25NO6/c1-4-22-15(20)17(18,16(21)23-5-2)10-13(19)11-24-14-9-7-6-8-12(14)3/h6-9,13,19H,4-5,10-11,18H2,1-3H3. The van der Waals surface area contributed by atoms with Gasteiger partial charge in [0.2, 0.25) is 5.54 Å². The number of ether oxygens (including phenoxy) is 3. The topological polar surface area (TPSA) is 108 Å². The zero-order valence-corrected chi connectivity index (χ0v) is 14.3. The summed E-state index contributed by atoms with van der Waals surface area (Å²) in [5.74, 6) is -1.26. The Morgan fingerprint density at radius 2 is 1.71 bits per heavy atom. The van der Waals surface area contributed by atoms with E-state index >= 15 is 0 Å². The Hall–Kier alpha value is -2.12. The van der Waals surface area contributed by atoms with Gasteiger partial charge in [-0.3, -0.25) is 0 Å². The van der Waals surface area contributed by atoms with Crippen LogP contribution in [0.15, 0.2) is 24.3 Å². The normalized spacial score (nSPS) is 12.4. The number of carbonyl (C=O) groups excluding carboxylic acids is 2. The molecule has 7 heteroatoms. The van der Waals surface area contributed by atoms with Gasteiger partial charge in [0.25, 0.3) is 0 Å². The summed E-state index contributed by atoms with van der Waals surface area (Å²) in [5.41, 5.74) is 4.73. The van der Waals surface area contributed by atoms with Crippen molar-refractivity contribution < 1.29 is 28.9 Å². The molecule has 0 saturated heterocycles. The van der Waals surface area contributed by atoms with Crippen molar-refractivity contribution >= 4 is 11.9 Å². The first kappa shape index (κ1) is 19.9. The van der Waals surface area contributed by atoms with E-state index in [2.05, 4.69) is 0 Å². The summed E-state index contributed by atoms with van der Waals surface area (Å²) in [4.78, 5) is 24.1. The van der Waals surface area contributed by atoms with Crippen molar-refractivity contribution in [1.29, 1.82) is 0 Å². The van der Waals surface area contributed by atoms with Gasteiger partial charge >= 0.3 is 11.9 Å². The highest BCUT2D eigenvalue weighted by molar-refractivity contribution is 6.04. The van der Waals surface area contributed by atoms with Crippen LogP contribution >= 0.6 is 0 Å². The summed E-state index contributed by atoms with van der Waals surface area (Å²) >= 11 is 0. The summed E-state index contributed by atoms with van der Waals surface area (Å²) in [7, 11) is 0. The Morgan fingerprint density at radius 3 is 2.21 bits per heavy atom. The van der Waals surface area contributed by atoms with Gasteiger partial charge < -0.3 is 25.1 Å². The highest BCUT2D eigenvalue weighted by atomic mass is 16.6. The van der Waals surface area contributed by atoms with Gasteiger partial charge in [-0.1, -0.05) is 18.2 Å². The van der Waals surface area contributed by atoms with E-state index in [0.29, 0.717) is 5.75 Å². The fourth-order valence-electron chi connectivity index (χ4n) is 2.10. The number of benzene rings is 1. The molecular weight excluding hydrogens is 314 g/mol. The van der Waals surface area contributed by atoms with Crippen molar-refractivity contribution in [1.82, 2.24) is 0 Å². The second-order valence-electron chi connectivity index (χ2n) is 5.35. The van der Waals surface area contributed by atoms with Crippen molar-refractivity contribution in [2.75, 3.05) is 19.8 Å². The predicted molar refractivity (Wildman–Crippen MR) is 87.5 cm³/mol. The van der Waals surface area contributed by atoms with E-state index in [1.165, 1.54) is 0 Å². The number of hydrogen-bond donors (Lipinski definition) is 2. The first-order valence-corrected chi connectivity index (χ1v) is 7.85. The van der Waals surface area contributed by atoms with Crippen molar-refractivity contribution in [2.24, 2.45) is 5.73 Å². The number of hydrogen-bond acceptors (Lipinski definition) is 7. The molecule has 0 aliphatic heterocycles. The number of rotatable bonds is 9. The van der Waals surface area contributed by atoms with Gasteiger partial charge in [0.1, 0.15) is 12.4 Å². The third kappa shape index (κ3) is 5.21. The van der Waals surface area contributed by atoms with Crippen LogP contribution in [0, 0.1) is 6.92 Å². The Morgan fingerprint density at radius 1 is 1.17 bits per heavy atom. The summed E-state index contributed by atoms with van der Waals surface area (Å²) < 4.78 is 15.2. The SMILES string of the molecule is CCOC(=O)C(N)(CC(O)COc1ccccc1C)C(=O)OCC. The second kappa shape index (κ2) is 9.24. The number of aliphatic hydroxyl groups excluding tert-OH is 1. The van der Waals surface area contributed by atoms with Gasteiger partial charge in [-0.25, -0.2) is 9.59 Å². The van der Waals surface area contributed by atoms with E-state index in [1.807, 2.05) is 19.1 Å². The summed E-state index contributed by atoms with van der Waals surface area (Å²) in [6.07, 6.45) is -1.51. The minimum Gasteiger partial charge on any atom is -0.491 e. The largest absolute Gasteiger partial charge is 0.491 e. The Kier molecular flexibility index (Phi) is 7.67. The molecule has 0 aromatic heterocycles. The lowest BCUT2D eigenvalue weighted by Crippen LogP contribution is -2.58. The average Bonchev–Trinajstić information content (AvgIpc) is 2.54. The smallest absolute Gasteiger partial charge is 0.337 e. The van der Waals surface area contributed by atoms with Crippen LogP contribution in [0.25, 0.3) is 0 Å². The lowest BCUT2D eigenvalue weighted by molar-refractivity contribution is -0.166. The number of carbonyl (C=O) groups is 2. The highest BCUT2D eigenvalue weighted by Crippen LogP contribution is 2.19. The van der Waals surface area contributed by atoms with Gasteiger partial charge in [-0.15, -0.1) is 0 Å². The van der Waals surface area contributed by atoms with Gasteiger partial charge in [0, 0.05) is 6.42 Å². The molecule has 134 valence electrons. The van der Waals surface area contributed by atoms with Gasteiger partial charge in [0.15, 0.2) is 0 Å². The Bertz CT molecular complexity index is 542. The first-order valence-electron chi connectivity index (χ1n) is 7.85. The molecule has 0 spiro atoms. The molecular formula is C17H25NO6. The van der Waals surface area contributed by atoms with Crippen molar-refractivity contribution in [3.05, 3.63) is 29.8 Å². The molecule has 1 unspecified atom stereocenters. The van der Waals surface area contributed by atoms with Crippen molar-refractivity contribution in [2.45, 2.75) is 38.8 Å². The number of aliphatic hydroxyl groups is 1. The van der Waals surface area contributed by atoms with E-state index in [9.17, 15) is 14.7 Å². The minimum atomic E-state index is -2.07. The van der Waals surface area contributed by atoms with Crippen LogP contribution in [0.2, 0.25) is 0 Å². The third-order valence-electron chi connectivity index (χ3n) is 3.36. The first-order chi connectivity index (χ1) is 11.3. The van der Waals surface area contributed by atoms with Crippen LogP contribution in [-0.2, 0) is 19.1 Å². The second-order valence-corrected chi connectivity index (χ2v) is 5.35. The van der Waals surface area contributed by atoms with Crippen molar-refractivity contribution in [3.8, 4) is 5.75 Å². The number of para-hydroxylation sites is 1. The van der Waals surface area contributed by atoms with E-state index in [1.54, 1.807) is 26.0 Å². The van der Waals surface area contributed by atoms with Gasteiger partial charge in [0.05, 0.1) is 19.3 Å². The maximum Gasteiger partial charge on any atom is 0.337 e. The zero-order valence-electron chi connectivity index (χ0n) is 14.3. The molecule has 0 aliphatic rings. The van der Waals surface area contributed by atoms with Crippen LogP contribution in [0.4, 0.5) is 0 Å². The number of nitrogens with two attached hydrogens (primary N) is 1. The molecule has 0 fully saturated rings. The summed E-state index contributed by atoms with van der Waals surface area (Å²) in [6, 6.07) is 7.30. The van der Waals surface area contributed by atoms with E-state index in [-0.39, 0.29) is 26.2 Å². The molecule has 0 saturated carbocycles. The Balaban J connectivity index is 2.76. The third-order valence-corrected chi connectivity index (χ3v) is 3.36. The predicted octanol–water partition coefficient (Wildman–Crippen LogP) is 0.949. The molecule has 1 aromatic rings. The molecule has 0 bridgehead atoms. The van der Waals surface area contributed by atoms with E-state index in [0.717, 1.165) is 5.56 Å². The lowest BCUT2D eigenvalue weighted by atomic mass is 9.93. The quantitative estimate of drug-likeness (QED) is 0.509. The maximum atomic E-state index is 12.0. The molecule has 0 aliphatic carbocycles. The average molecular weight is 339 g/mol. The maximum absolute atomic E-state index is 12.0. The van der Waals surface area contributed by atoms with E-state index < -0.39 is 23.6 Å². The summed E-state index contributed by atoms with van der Waals surface area (Å²) in [6.45, 7) is 5.07. The molecule has 1 rings (SSSR count). The number of aryl methyl sites for hydroxylation is 1.